The molecule has 1 nitrogen and oxygen atoms in total. The maximum atomic E-state index is 13.7. The van der Waals surface area contributed by atoms with E-state index in [9.17, 15) is 17.6 Å². The topological polar surface area (TPSA) is 20.2 Å². The maximum absolute atomic E-state index is 13.7. The Balaban J connectivity index is 3.08. The molecule has 0 aromatic heterocycles. The molecule has 0 heterocycles. The zero-order valence-electron chi connectivity index (χ0n) is 8.16. The molecule has 14 heavy (non-hydrogen) atoms. The monoisotopic (exact) mass is 214 g/mol. The fourth-order valence-electron chi connectivity index (χ4n) is 2.05. The first-order chi connectivity index (χ1) is 6.16. The molecule has 0 amide bonds. The summed E-state index contributed by atoms with van der Waals surface area (Å²) < 4.78 is 53.2. The van der Waals surface area contributed by atoms with Gasteiger partial charge in [0.1, 0.15) is 0 Å². The van der Waals surface area contributed by atoms with Gasteiger partial charge in [0.2, 0.25) is 0 Å². The predicted octanol–water partition coefficient (Wildman–Crippen LogP) is 2.83. The Hall–Kier alpha value is -0.320. The second kappa shape index (κ2) is 3.08. The van der Waals surface area contributed by atoms with Crippen molar-refractivity contribution in [3.63, 3.8) is 0 Å². The van der Waals surface area contributed by atoms with Crippen LogP contribution in [0.15, 0.2) is 0 Å². The van der Waals surface area contributed by atoms with Crippen molar-refractivity contribution in [3.8, 4) is 0 Å². The third kappa shape index (κ3) is 1.42. The highest BCUT2D eigenvalue weighted by Crippen LogP contribution is 2.53. The minimum atomic E-state index is -4.32. The molecule has 0 saturated heterocycles. The summed E-state index contributed by atoms with van der Waals surface area (Å²) in [6.45, 7) is 2.67. The van der Waals surface area contributed by atoms with Crippen LogP contribution in [0.3, 0.4) is 0 Å². The van der Waals surface area contributed by atoms with Gasteiger partial charge in [0.05, 0.1) is 0 Å². The van der Waals surface area contributed by atoms with Crippen LogP contribution in [0.25, 0.3) is 0 Å². The summed E-state index contributed by atoms with van der Waals surface area (Å²) in [4.78, 5) is 0. The second-order valence-corrected chi connectivity index (χ2v) is 4.17. The van der Waals surface area contributed by atoms with E-state index in [1.165, 1.54) is 13.8 Å². The molecule has 0 radical (unpaired) electrons. The van der Waals surface area contributed by atoms with Crippen LogP contribution in [0.1, 0.15) is 33.1 Å². The molecule has 1 aliphatic rings. The van der Waals surface area contributed by atoms with E-state index >= 15 is 0 Å². The summed E-state index contributed by atoms with van der Waals surface area (Å²) >= 11 is 0. The first kappa shape index (κ1) is 11.8. The molecule has 0 aromatic rings. The number of hydrogen-bond donors (Lipinski definition) is 1. The lowest BCUT2D eigenvalue weighted by Crippen LogP contribution is -2.62. The van der Waals surface area contributed by atoms with Gasteiger partial charge in [0.25, 0.3) is 5.85 Å². The minimum Gasteiger partial charge on any atom is -0.357 e. The molecule has 1 rings (SSSR count). The van der Waals surface area contributed by atoms with Gasteiger partial charge >= 0.3 is 5.92 Å². The molecule has 0 spiro atoms. The van der Waals surface area contributed by atoms with E-state index in [2.05, 4.69) is 0 Å². The van der Waals surface area contributed by atoms with Crippen molar-refractivity contribution in [2.24, 2.45) is 5.92 Å². The second-order valence-electron chi connectivity index (χ2n) is 4.17. The molecular formula is C9H14F4O. The average Bonchev–Trinajstić information content (AvgIpc) is 2.00. The van der Waals surface area contributed by atoms with Crippen LogP contribution in [0.5, 0.6) is 0 Å². The fourth-order valence-corrected chi connectivity index (χ4v) is 2.05. The number of halogens is 4. The first-order valence-electron chi connectivity index (χ1n) is 4.64. The Morgan fingerprint density at radius 3 is 2.14 bits per heavy atom. The van der Waals surface area contributed by atoms with Gasteiger partial charge in [-0.3, -0.25) is 0 Å². The standard InChI is InChI=1S/C9H14F4O/c1-3-7(10)4-6(2)5-8(11,14)9(7,12)13/h6,14H,3-5H2,1-2H3. The minimum absolute atomic E-state index is 0.414. The van der Waals surface area contributed by atoms with Crippen molar-refractivity contribution in [1.82, 2.24) is 0 Å². The number of rotatable bonds is 1. The highest BCUT2D eigenvalue weighted by Gasteiger charge is 2.70. The highest BCUT2D eigenvalue weighted by atomic mass is 19.3. The van der Waals surface area contributed by atoms with E-state index in [-0.39, 0.29) is 0 Å². The van der Waals surface area contributed by atoms with E-state index in [1.54, 1.807) is 0 Å². The summed E-state index contributed by atoms with van der Waals surface area (Å²) in [5, 5.41) is 8.88. The molecule has 84 valence electrons. The third-order valence-electron chi connectivity index (χ3n) is 2.90. The van der Waals surface area contributed by atoms with E-state index < -0.39 is 42.6 Å². The van der Waals surface area contributed by atoms with Crippen molar-refractivity contribution in [2.45, 2.75) is 50.6 Å². The first-order valence-corrected chi connectivity index (χ1v) is 4.64. The molecule has 0 aliphatic heterocycles. The van der Waals surface area contributed by atoms with E-state index in [4.69, 9.17) is 5.11 Å². The van der Waals surface area contributed by atoms with Crippen LogP contribution in [0.2, 0.25) is 0 Å². The van der Waals surface area contributed by atoms with Crippen molar-refractivity contribution in [2.75, 3.05) is 0 Å². The summed E-state index contributed by atoms with van der Waals surface area (Å²) in [5.41, 5.74) is -2.94. The van der Waals surface area contributed by atoms with Crippen LogP contribution in [0.4, 0.5) is 17.6 Å². The Labute approximate surface area is 80.1 Å². The highest BCUT2D eigenvalue weighted by molar-refractivity contribution is 5.06. The van der Waals surface area contributed by atoms with Crippen LogP contribution in [-0.2, 0) is 0 Å². The van der Waals surface area contributed by atoms with Crippen LogP contribution < -0.4 is 0 Å². The lowest BCUT2D eigenvalue weighted by atomic mass is 9.73. The molecule has 1 N–H and O–H groups in total. The number of alkyl halides is 4. The predicted molar refractivity (Wildman–Crippen MR) is 43.5 cm³/mol. The Morgan fingerprint density at radius 2 is 1.71 bits per heavy atom. The lowest BCUT2D eigenvalue weighted by molar-refractivity contribution is -0.330. The Morgan fingerprint density at radius 1 is 1.21 bits per heavy atom. The lowest BCUT2D eigenvalue weighted by Gasteiger charge is -2.45. The molecular weight excluding hydrogens is 200 g/mol. The molecule has 1 saturated carbocycles. The van der Waals surface area contributed by atoms with Crippen LogP contribution >= 0.6 is 0 Å². The molecule has 0 aromatic carbocycles. The Kier molecular flexibility index (Phi) is 2.59. The molecule has 5 heteroatoms. The van der Waals surface area contributed by atoms with Crippen molar-refractivity contribution >= 4 is 0 Å². The van der Waals surface area contributed by atoms with Crippen molar-refractivity contribution in [3.05, 3.63) is 0 Å². The smallest absolute Gasteiger partial charge is 0.338 e. The van der Waals surface area contributed by atoms with Gasteiger partial charge in [-0.15, -0.1) is 0 Å². The average molecular weight is 214 g/mol. The summed E-state index contributed by atoms with van der Waals surface area (Å²) in [6.07, 6.45) is -1.63. The largest absolute Gasteiger partial charge is 0.357 e. The van der Waals surface area contributed by atoms with Gasteiger partial charge in [-0.2, -0.15) is 8.78 Å². The summed E-state index contributed by atoms with van der Waals surface area (Å²) in [6, 6.07) is 0. The van der Waals surface area contributed by atoms with Gasteiger partial charge in [0, 0.05) is 6.42 Å². The van der Waals surface area contributed by atoms with E-state index in [0.717, 1.165) is 0 Å². The molecule has 1 fully saturated rings. The molecule has 1 aliphatic carbocycles. The number of hydrogen-bond acceptors (Lipinski definition) is 1. The SMILES string of the molecule is CCC1(F)CC(C)CC(O)(F)C1(F)F. The van der Waals surface area contributed by atoms with E-state index in [1.807, 2.05) is 0 Å². The van der Waals surface area contributed by atoms with Gasteiger partial charge in [-0.25, -0.2) is 8.78 Å². The van der Waals surface area contributed by atoms with Gasteiger partial charge in [-0.1, -0.05) is 13.8 Å². The van der Waals surface area contributed by atoms with Crippen LogP contribution in [-0.4, -0.2) is 22.6 Å². The summed E-state index contributed by atoms with van der Waals surface area (Å²) in [5.74, 6) is -8.63. The summed E-state index contributed by atoms with van der Waals surface area (Å²) in [7, 11) is 0. The third-order valence-corrected chi connectivity index (χ3v) is 2.90. The van der Waals surface area contributed by atoms with E-state index in [0.29, 0.717) is 0 Å². The quantitative estimate of drug-likeness (QED) is 0.665. The van der Waals surface area contributed by atoms with Crippen molar-refractivity contribution < 1.29 is 22.7 Å². The molecule has 3 atom stereocenters. The zero-order chi connectivity index (χ0) is 11.2. The van der Waals surface area contributed by atoms with Crippen LogP contribution in [0, 0.1) is 5.92 Å². The number of aliphatic hydroxyl groups is 1. The zero-order valence-corrected chi connectivity index (χ0v) is 8.16. The molecule has 0 bridgehead atoms. The van der Waals surface area contributed by atoms with Gasteiger partial charge in [-0.05, 0) is 18.8 Å². The normalized spacial score (nSPS) is 47.8. The van der Waals surface area contributed by atoms with Gasteiger partial charge in [0.15, 0.2) is 5.67 Å². The van der Waals surface area contributed by atoms with Crippen molar-refractivity contribution in [1.29, 1.82) is 0 Å². The molecule has 3 unspecified atom stereocenters. The fraction of sp³-hybridized carbons (Fsp3) is 1.00. The Bertz CT molecular complexity index is 229. The van der Waals surface area contributed by atoms with Gasteiger partial charge < -0.3 is 5.11 Å². The maximum Gasteiger partial charge on any atom is 0.338 e.